The highest BCUT2D eigenvalue weighted by Crippen LogP contribution is 2.23. The number of carbonyl (C=O) groups excluding carboxylic acids is 1. The van der Waals surface area contributed by atoms with Crippen molar-refractivity contribution in [3.05, 3.63) is 65.2 Å². The Bertz CT molecular complexity index is 639. The molecule has 128 valence electrons. The van der Waals surface area contributed by atoms with E-state index in [1.54, 1.807) is 19.2 Å². The Morgan fingerprint density at radius 1 is 1.00 bits per heavy atom. The largest absolute Gasteiger partial charge is 0.488 e. The quantitative estimate of drug-likeness (QED) is 0.401. The van der Waals surface area contributed by atoms with Crippen LogP contribution in [0, 0.1) is 0 Å². The van der Waals surface area contributed by atoms with Crippen LogP contribution in [-0.2, 0) is 27.2 Å². The molecular weight excluding hydrogens is 308 g/mol. The van der Waals surface area contributed by atoms with Crippen LogP contribution in [0.4, 0.5) is 0 Å². The molecule has 0 aliphatic heterocycles. The molecule has 0 saturated heterocycles. The summed E-state index contributed by atoms with van der Waals surface area (Å²) in [5.41, 5.74) is 2.42. The third kappa shape index (κ3) is 5.37. The summed E-state index contributed by atoms with van der Waals surface area (Å²) in [6.07, 6.45) is 0.673. The van der Waals surface area contributed by atoms with Crippen LogP contribution in [-0.4, -0.2) is 33.6 Å². The second kappa shape index (κ2) is 9.70. The number of methoxy groups -OCH3 is 2. The van der Waals surface area contributed by atoms with Crippen molar-refractivity contribution in [1.29, 1.82) is 0 Å². The summed E-state index contributed by atoms with van der Waals surface area (Å²) >= 11 is 0. The van der Waals surface area contributed by atoms with Crippen LogP contribution in [0.1, 0.15) is 21.5 Å². The first-order valence-corrected chi connectivity index (χ1v) is 7.69. The maximum absolute atomic E-state index is 12.0. The van der Waals surface area contributed by atoms with Gasteiger partial charge in [-0.3, -0.25) is 0 Å². The molecule has 0 aliphatic carbocycles. The number of esters is 1. The van der Waals surface area contributed by atoms with Gasteiger partial charge in [-0.05, 0) is 29.7 Å². The minimum atomic E-state index is -0.419. The molecular formula is C19H22O5. The zero-order chi connectivity index (χ0) is 17.2. The number of hydrogen-bond acceptors (Lipinski definition) is 5. The second-order valence-corrected chi connectivity index (χ2v) is 5.16. The molecule has 0 fully saturated rings. The van der Waals surface area contributed by atoms with E-state index >= 15 is 0 Å². The predicted molar refractivity (Wildman–Crippen MR) is 90.1 cm³/mol. The van der Waals surface area contributed by atoms with Gasteiger partial charge in [0.05, 0.1) is 13.7 Å². The van der Waals surface area contributed by atoms with Gasteiger partial charge in [-0.1, -0.05) is 36.4 Å². The molecule has 2 rings (SSSR count). The molecule has 0 aliphatic rings. The average molecular weight is 330 g/mol. The van der Waals surface area contributed by atoms with E-state index in [1.807, 2.05) is 36.4 Å². The van der Waals surface area contributed by atoms with Crippen LogP contribution in [0.25, 0.3) is 0 Å². The van der Waals surface area contributed by atoms with Crippen molar-refractivity contribution in [2.75, 3.05) is 27.6 Å². The second-order valence-electron chi connectivity index (χ2n) is 5.16. The zero-order valence-electron chi connectivity index (χ0n) is 14.0. The Morgan fingerprint density at radius 2 is 1.79 bits per heavy atom. The van der Waals surface area contributed by atoms with Gasteiger partial charge in [0.25, 0.3) is 0 Å². The van der Waals surface area contributed by atoms with Gasteiger partial charge >= 0.3 is 5.97 Å². The smallest absolute Gasteiger partial charge is 0.341 e. The Hall–Kier alpha value is -2.37. The highest BCUT2D eigenvalue weighted by molar-refractivity contribution is 5.92. The van der Waals surface area contributed by atoms with Crippen molar-refractivity contribution in [2.24, 2.45) is 0 Å². The van der Waals surface area contributed by atoms with E-state index in [-0.39, 0.29) is 6.79 Å². The Kier molecular flexibility index (Phi) is 7.26. The SMILES string of the molecule is COCOCCc1ccc(OCc2ccccc2)c(C(=O)OC)c1. The third-order valence-electron chi connectivity index (χ3n) is 3.42. The van der Waals surface area contributed by atoms with Gasteiger partial charge in [0.15, 0.2) is 0 Å². The molecule has 2 aromatic carbocycles. The van der Waals surface area contributed by atoms with Gasteiger partial charge in [0, 0.05) is 7.11 Å². The zero-order valence-corrected chi connectivity index (χ0v) is 14.0. The number of carbonyl (C=O) groups is 1. The monoisotopic (exact) mass is 330 g/mol. The average Bonchev–Trinajstić information content (AvgIpc) is 2.64. The van der Waals surface area contributed by atoms with Crippen molar-refractivity contribution in [3.63, 3.8) is 0 Å². The van der Waals surface area contributed by atoms with Gasteiger partial charge < -0.3 is 18.9 Å². The number of ether oxygens (including phenoxy) is 4. The number of rotatable bonds is 9. The lowest BCUT2D eigenvalue weighted by Crippen LogP contribution is -2.08. The minimum Gasteiger partial charge on any atom is -0.488 e. The van der Waals surface area contributed by atoms with Crippen LogP contribution >= 0.6 is 0 Å². The fourth-order valence-electron chi connectivity index (χ4n) is 2.20. The summed E-state index contributed by atoms with van der Waals surface area (Å²) < 4.78 is 20.8. The van der Waals surface area contributed by atoms with Crippen molar-refractivity contribution >= 4 is 5.97 Å². The molecule has 0 unspecified atom stereocenters. The van der Waals surface area contributed by atoms with Crippen molar-refractivity contribution in [1.82, 2.24) is 0 Å². The van der Waals surface area contributed by atoms with E-state index in [4.69, 9.17) is 18.9 Å². The maximum atomic E-state index is 12.0. The molecule has 24 heavy (non-hydrogen) atoms. The summed E-state index contributed by atoms with van der Waals surface area (Å²) in [4.78, 5) is 12.0. The van der Waals surface area contributed by atoms with E-state index in [1.165, 1.54) is 7.11 Å². The standard InChI is InChI=1S/C19H22O5/c1-21-14-23-11-10-15-8-9-18(17(12-15)19(20)22-2)24-13-16-6-4-3-5-7-16/h3-9,12H,10-11,13-14H2,1-2H3. The topological polar surface area (TPSA) is 54.0 Å². The van der Waals surface area contributed by atoms with Crippen molar-refractivity contribution in [3.8, 4) is 5.75 Å². The van der Waals surface area contributed by atoms with Crippen molar-refractivity contribution < 1.29 is 23.7 Å². The van der Waals surface area contributed by atoms with Crippen LogP contribution in [0.5, 0.6) is 5.75 Å². The molecule has 5 nitrogen and oxygen atoms in total. The minimum absolute atomic E-state index is 0.252. The first-order valence-electron chi connectivity index (χ1n) is 7.69. The summed E-state index contributed by atoms with van der Waals surface area (Å²) in [5.74, 6) is 0.0879. The summed E-state index contributed by atoms with van der Waals surface area (Å²) in [6.45, 7) is 1.15. The molecule has 0 N–H and O–H groups in total. The molecule has 5 heteroatoms. The molecule has 0 atom stereocenters. The molecule has 0 spiro atoms. The van der Waals surface area contributed by atoms with Crippen LogP contribution in [0.2, 0.25) is 0 Å². The summed E-state index contributed by atoms with van der Waals surface area (Å²) in [5, 5.41) is 0. The number of benzene rings is 2. The molecule has 0 radical (unpaired) electrons. The van der Waals surface area contributed by atoms with Gasteiger partial charge in [-0.15, -0.1) is 0 Å². The van der Waals surface area contributed by atoms with Gasteiger partial charge in [0.1, 0.15) is 24.7 Å². The summed E-state index contributed by atoms with van der Waals surface area (Å²) in [6, 6.07) is 15.3. The molecule has 0 aromatic heterocycles. The lowest BCUT2D eigenvalue weighted by molar-refractivity contribution is -0.0291. The van der Waals surface area contributed by atoms with E-state index in [9.17, 15) is 4.79 Å². The first kappa shape index (κ1) is 18.0. The number of hydrogen-bond donors (Lipinski definition) is 0. The summed E-state index contributed by atoms with van der Waals surface area (Å²) in [7, 11) is 2.94. The van der Waals surface area contributed by atoms with E-state index in [2.05, 4.69) is 0 Å². The van der Waals surface area contributed by atoms with E-state index in [0.717, 1.165) is 11.1 Å². The van der Waals surface area contributed by atoms with E-state index < -0.39 is 5.97 Å². The van der Waals surface area contributed by atoms with Crippen LogP contribution in [0.15, 0.2) is 48.5 Å². The Balaban J connectivity index is 2.07. The lowest BCUT2D eigenvalue weighted by atomic mass is 10.1. The Morgan fingerprint density at radius 3 is 2.50 bits per heavy atom. The molecule has 2 aromatic rings. The molecule has 0 heterocycles. The first-order chi connectivity index (χ1) is 11.7. The maximum Gasteiger partial charge on any atom is 0.341 e. The lowest BCUT2D eigenvalue weighted by Gasteiger charge is -2.12. The molecule has 0 amide bonds. The molecule has 0 bridgehead atoms. The van der Waals surface area contributed by atoms with Gasteiger partial charge in [-0.2, -0.15) is 0 Å². The fraction of sp³-hybridized carbons (Fsp3) is 0.316. The third-order valence-corrected chi connectivity index (χ3v) is 3.42. The van der Waals surface area contributed by atoms with Crippen molar-refractivity contribution in [2.45, 2.75) is 13.0 Å². The highest BCUT2D eigenvalue weighted by Gasteiger charge is 2.14. The van der Waals surface area contributed by atoms with Crippen LogP contribution in [0.3, 0.4) is 0 Å². The van der Waals surface area contributed by atoms with Gasteiger partial charge in [0.2, 0.25) is 0 Å². The van der Waals surface area contributed by atoms with Crippen LogP contribution < -0.4 is 4.74 Å². The normalized spacial score (nSPS) is 10.4. The fourth-order valence-corrected chi connectivity index (χ4v) is 2.20. The van der Waals surface area contributed by atoms with Gasteiger partial charge in [-0.25, -0.2) is 4.79 Å². The Labute approximate surface area is 142 Å². The predicted octanol–water partition coefficient (Wildman–Crippen LogP) is 3.22. The molecule has 0 saturated carbocycles. The highest BCUT2D eigenvalue weighted by atomic mass is 16.7. The van der Waals surface area contributed by atoms with E-state index in [0.29, 0.717) is 30.9 Å².